The minimum atomic E-state index is -7.46. The van der Waals surface area contributed by atoms with Crippen molar-refractivity contribution in [1.29, 1.82) is 0 Å². The second-order valence-electron chi connectivity index (χ2n) is 13.9. The van der Waals surface area contributed by atoms with Crippen LogP contribution in [0.2, 0.25) is 100 Å². The van der Waals surface area contributed by atoms with Crippen LogP contribution in [-0.4, -0.2) is 86.9 Å². The molecule has 0 bridgehead atoms. The van der Waals surface area contributed by atoms with E-state index in [-0.39, 0.29) is 0 Å². The monoisotopic (exact) mass is 730 g/mol. The van der Waals surface area contributed by atoms with Gasteiger partial charge in [0.1, 0.15) is 0 Å². The van der Waals surface area contributed by atoms with E-state index in [0.717, 1.165) is 0 Å². The van der Waals surface area contributed by atoms with Crippen LogP contribution in [0.15, 0.2) is 0 Å². The molecule has 4 radical (unpaired) electrons. The summed E-state index contributed by atoms with van der Waals surface area (Å²) in [5.74, 6) is -40.6. The molecule has 18 heteroatoms. The maximum Gasteiger partial charge on any atom is 0.384 e. The van der Waals surface area contributed by atoms with Crippen LogP contribution in [0.1, 0.15) is 12.8 Å². The van der Waals surface area contributed by atoms with E-state index in [2.05, 4.69) is 0 Å². The van der Waals surface area contributed by atoms with Gasteiger partial charge in [0, 0.05) is 64.2 Å². The highest BCUT2D eigenvalue weighted by molar-refractivity contribution is 6.95. The van der Waals surface area contributed by atoms with Gasteiger partial charge >= 0.3 is 35.5 Å². The van der Waals surface area contributed by atoms with Gasteiger partial charge in [0.25, 0.3) is 0 Å². The summed E-state index contributed by atoms with van der Waals surface area (Å²) in [6.45, 7) is 18.2. The predicted octanol–water partition coefficient (Wildman–Crippen LogP) is 10.9. The van der Waals surface area contributed by atoms with Crippen LogP contribution in [-0.2, 0) is 0 Å². The molecule has 0 aliphatic heterocycles. The van der Waals surface area contributed by atoms with Gasteiger partial charge in [-0.25, -0.2) is 0 Å². The maximum absolute atomic E-state index is 14.7. The van der Waals surface area contributed by atoms with Crippen LogP contribution in [0.5, 0.6) is 0 Å². The van der Waals surface area contributed by atoms with Crippen molar-refractivity contribution in [2.75, 3.05) is 0 Å². The molecule has 0 aliphatic rings. The Bertz CT molecular complexity index is 762. The summed E-state index contributed by atoms with van der Waals surface area (Å²) in [6, 6.07) is -1.23. The largest absolute Gasteiger partial charge is 0.384 e. The van der Waals surface area contributed by atoms with Crippen LogP contribution in [0.3, 0.4) is 0 Å². The fourth-order valence-electron chi connectivity index (χ4n) is 5.98. The average molecular weight is 731 g/mol. The first kappa shape index (κ1) is 42.5. The van der Waals surface area contributed by atoms with Crippen LogP contribution in [0.4, 0.5) is 52.7 Å². The second kappa shape index (κ2) is 14.5. The summed E-state index contributed by atoms with van der Waals surface area (Å²) < 4.78 is 176. The van der Waals surface area contributed by atoms with E-state index < -0.39 is 112 Å². The molecule has 0 nitrogen and oxygen atoms in total. The zero-order valence-corrected chi connectivity index (χ0v) is 32.2. The van der Waals surface area contributed by atoms with E-state index >= 15 is 0 Å². The minimum Gasteiger partial charge on any atom is -0.200 e. The predicted molar refractivity (Wildman–Crippen MR) is 161 cm³/mol. The number of rotatable bonds is 19. The van der Waals surface area contributed by atoms with E-state index in [1.807, 2.05) is 52.4 Å². The molecule has 0 amide bonds. The Morgan fingerprint density at radius 2 is 0.571 bits per heavy atom. The molecule has 0 saturated carbocycles. The molecule has 0 aromatic carbocycles. The lowest BCUT2D eigenvalue weighted by Gasteiger charge is -2.42. The average Bonchev–Trinajstić information content (AvgIpc) is 2.73. The Hall–Kier alpha value is 0.461. The van der Waals surface area contributed by atoms with E-state index in [4.69, 9.17) is 0 Å². The van der Waals surface area contributed by atoms with Crippen molar-refractivity contribution in [3.63, 3.8) is 0 Å². The summed E-state index contributed by atoms with van der Waals surface area (Å²) in [5.41, 5.74) is 1.91. The highest BCUT2D eigenvalue weighted by Crippen LogP contribution is 2.61. The molecule has 250 valence electrons. The van der Waals surface area contributed by atoms with Gasteiger partial charge < -0.3 is 0 Å². The lowest BCUT2D eigenvalue weighted by molar-refractivity contribution is -0.425. The Morgan fingerprint density at radius 1 is 0.381 bits per heavy atom. The Labute approximate surface area is 252 Å². The lowest BCUT2D eigenvalue weighted by atomic mass is 9.90. The SMILES string of the molecule is C[Si](C)C[Si](C)(CCC(F)(F)C(F)(F)C(F)(F)C(F)(F)C(F)(F)C(F)(F)CC[Si](C)(C[Si](C)C)C[Si](C)C)C[Si](C)C. The molecule has 0 unspecified atom stereocenters. The van der Waals surface area contributed by atoms with Crippen molar-refractivity contribution < 1.29 is 52.7 Å². The third kappa shape index (κ3) is 9.98. The molecule has 0 aromatic heterocycles. The van der Waals surface area contributed by atoms with Gasteiger partial charge in [-0.1, -0.05) is 100 Å². The van der Waals surface area contributed by atoms with Crippen LogP contribution >= 0.6 is 0 Å². The molecule has 0 fully saturated rings. The molecule has 0 N–H and O–H groups in total. The van der Waals surface area contributed by atoms with Crippen molar-refractivity contribution in [1.82, 2.24) is 0 Å². The molecule has 0 aliphatic carbocycles. The number of hydrogen-bond donors (Lipinski definition) is 0. The van der Waals surface area contributed by atoms with Crippen LogP contribution < -0.4 is 0 Å². The van der Waals surface area contributed by atoms with Gasteiger partial charge in [-0.15, -0.1) is 0 Å². The Morgan fingerprint density at radius 3 is 0.738 bits per heavy atom. The van der Waals surface area contributed by atoms with Crippen molar-refractivity contribution in [3.05, 3.63) is 0 Å². The van der Waals surface area contributed by atoms with E-state index in [1.165, 1.54) is 0 Å². The molecule has 0 spiro atoms. The highest BCUT2D eigenvalue weighted by Gasteiger charge is 2.89. The number of alkyl halides is 12. The topological polar surface area (TPSA) is 0 Å². The second-order valence-corrected chi connectivity index (χ2v) is 37.4. The molecule has 0 saturated heterocycles. The molecule has 42 heavy (non-hydrogen) atoms. The molecule has 0 rings (SSSR count). The van der Waals surface area contributed by atoms with Gasteiger partial charge in [0.05, 0.1) is 0 Å². The van der Waals surface area contributed by atoms with Gasteiger partial charge in [-0.05, 0) is 0 Å². The first-order valence-electron chi connectivity index (χ1n) is 13.8. The summed E-state index contributed by atoms with van der Waals surface area (Å²) in [5, 5.41) is 0. The van der Waals surface area contributed by atoms with Crippen molar-refractivity contribution in [3.8, 4) is 0 Å². The summed E-state index contributed by atoms with van der Waals surface area (Å²) in [4.78, 5) is 0. The number of hydrogen-bond acceptors (Lipinski definition) is 0. The third-order valence-corrected chi connectivity index (χ3v) is 35.2. The Balaban J connectivity index is 6.31. The van der Waals surface area contributed by atoms with E-state index in [0.29, 0.717) is 22.7 Å². The molecular formula is C24H46F12Si6. The van der Waals surface area contributed by atoms with E-state index in [1.54, 1.807) is 13.1 Å². The zero-order chi connectivity index (χ0) is 34.0. The molecule has 0 atom stereocenters. The molecule has 0 heterocycles. The standard InChI is InChI=1S/C24H46F12Si6/c1-37(2)15-41(9,16-38(3)4)13-11-19(25,26)21(29,30)23(33,34)24(35,36)22(31,32)20(27,28)12-14-42(10,17-39(5)6)18-40(7)8/h11-18H2,1-10H3. The molecule has 0 aromatic rings. The summed E-state index contributed by atoms with van der Waals surface area (Å²) >= 11 is 0. The maximum atomic E-state index is 14.7. The fraction of sp³-hybridized carbons (Fsp3) is 1.00. The zero-order valence-electron chi connectivity index (χ0n) is 26.2. The van der Waals surface area contributed by atoms with Gasteiger partial charge in [-0.3, -0.25) is 0 Å². The highest BCUT2D eigenvalue weighted by atomic mass is 28.4. The Kier molecular flexibility index (Phi) is 14.6. The normalized spacial score (nSPS) is 15.6. The van der Waals surface area contributed by atoms with E-state index in [9.17, 15) is 52.7 Å². The van der Waals surface area contributed by atoms with Crippen molar-refractivity contribution >= 4 is 51.3 Å². The number of halogens is 12. The smallest absolute Gasteiger partial charge is 0.200 e. The van der Waals surface area contributed by atoms with Gasteiger partial charge in [0.15, 0.2) is 0 Å². The van der Waals surface area contributed by atoms with Crippen LogP contribution in [0, 0.1) is 0 Å². The first-order valence-corrected chi connectivity index (χ1v) is 30.8. The van der Waals surface area contributed by atoms with Crippen LogP contribution in [0.25, 0.3) is 0 Å². The summed E-state index contributed by atoms with van der Waals surface area (Å²) in [7, 11) is -9.62. The minimum absolute atomic E-state index is 0.478. The lowest BCUT2D eigenvalue weighted by Crippen LogP contribution is -2.70. The first-order chi connectivity index (χ1) is 18.3. The van der Waals surface area contributed by atoms with Gasteiger partial charge in [-0.2, -0.15) is 52.7 Å². The van der Waals surface area contributed by atoms with Crippen molar-refractivity contribution in [2.24, 2.45) is 0 Å². The summed E-state index contributed by atoms with van der Waals surface area (Å²) in [6.07, 6.45) is -3.86. The quantitative estimate of drug-likeness (QED) is 0.0917. The van der Waals surface area contributed by atoms with Gasteiger partial charge in [0.2, 0.25) is 0 Å². The fourth-order valence-corrected chi connectivity index (χ4v) is 41.2. The van der Waals surface area contributed by atoms with Crippen molar-refractivity contribution in [2.45, 2.75) is 149 Å². The molecular weight excluding hydrogens is 685 g/mol. The third-order valence-electron chi connectivity index (χ3n) is 7.31.